The second kappa shape index (κ2) is 9.37. The monoisotopic (exact) mass is 295 g/mol. The van der Waals surface area contributed by atoms with Crippen molar-refractivity contribution in [2.24, 2.45) is 23.1 Å². The van der Waals surface area contributed by atoms with Gasteiger partial charge in [-0.3, -0.25) is 4.79 Å². The molecule has 21 heavy (non-hydrogen) atoms. The predicted octanol–water partition coefficient (Wildman–Crippen LogP) is 1.48. The average Bonchev–Trinajstić information content (AvgIpc) is 2.37. The van der Waals surface area contributed by atoms with Crippen LogP contribution in [0.2, 0.25) is 0 Å². The van der Waals surface area contributed by atoms with Gasteiger partial charge in [-0.25, -0.2) is 0 Å². The van der Waals surface area contributed by atoms with Crippen LogP contribution in [0.4, 0.5) is 0 Å². The SMILES string of the molecule is CC(C)C(N)C(N)=O.Cc1cccc(C)c1OCC(C)N. The third-order valence-corrected chi connectivity index (χ3v) is 2.95. The van der Waals surface area contributed by atoms with Crippen molar-refractivity contribution in [2.75, 3.05) is 6.61 Å². The van der Waals surface area contributed by atoms with Crippen molar-refractivity contribution in [1.82, 2.24) is 0 Å². The van der Waals surface area contributed by atoms with Crippen molar-refractivity contribution in [3.05, 3.63) is 29.3 Å². The first kappa shape index (κ1) is 19.4. The molecule has 0 bridgehead atoms. The lowest BCUT2D eigenvalue weighted by molar-refractivity contribution is -0.120. The largest absolute Gasteiger partial charge is 0.491 e. The lowest BCUT2D eigenvalue weighted by Crippen LogP contribution is -2.40. The number of carbonyl (C=O) groups excluding carboxylic acids is 1. The van der Waals surface area contributed by atoms with E-state index in [1.165, 1.54) is 11.1 Å². The van der Waals surface area contributed by atoms with Gasteiger partial charge in [0.2, 0.25) is 5.91 Å². The van der Waals surface area contributed by atoms with E-state index in [1.54, 1.807) is 0 Å². The zero-order valence-corrected chi connectivity index (χ0v) is 13.7. The Morgan fingerprint density at radius 2 is 1.62 bits per heavy atom. The number of hydrogen-bond donors (Lipinski definition) is 3. The van der Waals surface area contributed by atoms with Crippen LogP contribution < -0.4 is 21.9 Å². The number of ether oxygens (including phenoxy) is 1. The van der Waals surface area contributed by atoms with Crippen LogP contribution in [-0.4, -0.2) is 24.6 Å². The minimum absolute atomic E-state index is 0.0824. The maximum Gasteiger partial charge on any atom is 0.234 e. The van der Waals surface area contributed by atoms with Crippen molar-refractivity contribution in [3.8, 4) is 5.75 Å². The second-order valence-electron chi connectivity index (χ2n) is 5.68. The minimum atomic E-state index is -0.491. The lowest BCUT2D eigenvalue weighted by Gasteiger charge is -2.13. The Labute approximate surface area is 127 Å². The number of para-hydroxylation sites is 1. The summed E-state index contributed by atoms with van der Waals surface area (Å²) in [4.78, 5) is 10.2. The molecule has 2 unspecified atom stereocenters. The second-order valence-corrected chi connectivity index (χ2v) is 5.68. The summed E-state index contributed by atoms with van der Waals surface area (Å²) in [6.45, 7) is 10.3. The number of carbonyl (C=O) groups is 1. The molecule has 1 aromatic rings. The zero-order valence-electron chi connectivity index (χ0n) is 13.7. The molecular weight excluding hydrogens is 266 g/mol. The molecule has 0 aliphatic rings. The molecule has 0 radical (unpaired) electrons. The van der Waals surface area contributed by atoms with Crippen molar-refractivity contribution in [2.45, 2.75) is 46.7 Å². The standard InChI is InChI=1S/C11H17NO.C5H12N2O/c1-8-5-4-6-9(2)11(8)13-7-10(3)12;1-3(2)4(6)5(7)8/h4-6,10H,7,12H2,1-3H3;3-4H,6H2,1-2H3,(H2,7,8). The first-order valence-corrected chi connectivity index (χ1v) is 7.16. The van der Waals surface area contributed by atoms with Gasteiger partial charge in [-0.05, 0) is 37.8 Å². The summed E-state index contributed by atoms with van der Waals surface area (Å²) >= 11 is 0. The van der Waals surface area contributed by atoms with Gasteiger partial charge in [0.25, 0.3) is 0 Å². The number of rotatable bonds is 5. The third-order valence-electron chi connectivity index (χ3n) is 2.95. The Morgan fingerprint density at radius 1 is 1.14 bits per heavy atom. The number of benzene rings is 1. The van der Waals surface area contributed by atoms with Crippen molar-refractivity contribution >= 4 is 5.91 Å². The molecule has 2 atom stereocenters. The van der Waals surface area contributed by atoms with E-state index in [0.717, 1.165) is 5.75 Å². The van der Waals surface area contributed by atoms with Crippen LogP contribution in [0.1, 0.15) is 31.9 Å². The van der Waals surface area contributed by atoms with Gasteiger partial charge in [0.05, 0.1) is 6.04 Å². The molecule has 0 fully saturated rings. The number of nitrogens with two attached hydrogens (primary N) is 3. The summed E-state index contributed by atoms with van der Waals surface area (Å²) in [5.74, 6) is 0.687. The fraction of sp³-hybridized carbons (Fsp3) is 0.562. The molecule has 0 saturated heterocycles. The molecule has 0 saturated carbocycles. The Hall–Kier alpha value is -1.59. The van der Waals surface area contributed by atoms with E-state index in [4.69, 9.17) is 21.9 Å². The van der Waals surface area contributed by atoms with Gasteiger partial charge in [0.15, 0.2) is 0 Å². The highest BCUT2D eigenvalue weighted by Gasteiger charge is 2.12. The topological polar surface area (TPSA) is 104 Å². The van der Waals surface area contributed by atoms with Crippen LogP contribution >= 0.6 is 0 Å². The maximum absolute atomic E-state index is 10.2. The Morgan fingerprint density at radius 3 is 1.90 bits per heavy atom. The summed E-state index contributed by atoms with van der Waals surface area (Å²) < 4.78 is 5.60. The Balaban J connectivity index is 0.000000433. The molecular formula is C16H29N3O2. The molecule has 6 N–H and O–H groups in total. The maximum atomic E-state index is 10.2. The predicted molar refractivity (Wildman–Crippen MR) is 87.1 cm³/mol. The molecule has 120 valence electrons. The van der Waals surface area contributed by atoms with Crippen LogP contribution in [0.5, 0.6) is 5.75 Å². The fourth-order valence-corrected chi connectivity index (χ4v) is 1.57. The summed E-state index contributed by atoms with van der Waals surface area (Å²) in [6, 6.07) is 5.71. The Bertz CT molecular complexity index is 425. The molecule has 0 aromatic heterocycles. The molecule has 0 spiro atoms. The van der Waals surface area contributed by atoms with Crippen molar-refractivity contribution in [3.63, 3.8) is 0 Å². The minimum Gasteiger partial charge on any atom is -0.491 e. The molecule has 1 amide bonds. The highest BCUT2D eigenvalue weighted by molar-refractivity contribution is 5.79. The van der Waals surface area contributed by atoms with Gasteiger partial charge < -0.3 is 21.9 Å². The van der Waals surface area contributed by atoms with Gasteiger partial charge in [0.1, 0.15) is 12.4 Å². The quantitative estimate of drug-likeness (QED) is 0.765. The number of primary amides is 1. The van der Waals surface area contributed by atoms with E-state index in [9.17, 15) is 4.79 Å². The normalized spacial score (nSPS) is 13.1. The summed E-state index contributed by atoms with van der Waals surface area (Å²) in [5.41, 5.74) is 18.1. The summed E-state index contributed by atoms with van der Waals surface area (Å²) in [6.07, 6.45) is 0. The molecule has 1 rings (SSSR count). The molecule has 1 aromatic carbocycles. The van der Waals surface area contributed by atoms with Gasteiger partial charge >= 0.3 is 0 Å². The molecule has 5 nitrogen and oxygen atoms in total. The van der Waals surface area contributed by atoms with Crippen LogP contribution in [0.15, 0.2) is 18.2 Å². The highest BCUT2D eigenvalue weighted by atomic mass is 16.5. The fourth-order valence-electron chi connectivity index (χ4n) is 1.57. The summed E-state index contributed by atoms with van der Waals surface area (Å²) in [7, 11) is 0. The van der Waals surface area contributed by atoms with Crippen LogP contribution in [0.3, 0.4) is 0 Å². The van der Waals surface area contributed by atoms with Crippen molar-refractivity contribution < 1.29 is 9.53 Å². The zero-order chi connectivity index (χ0) is 16.6. The van der Waals surface area contributed by atoms with Gasteiger partial charge in [-0.1, -0.05) is 32.0 Å². The van der Waals surface area contributed by atoms with E-state index in [2.05, 4.69) is 0 Å². The number of hydrogen-bond acceptors (Lipinski definition) is 4. The first-order valence-electron chi connectivity index (χ1n) is 7.16. The van der Waals surface area contributed by atoms with Crippen LogP contribution in [0.25, 0.3) is 0 Å². The third kappa shape index (κ3) is 7.68. The van der Waals surface area contributed by atoms with E-state index in [-0.39, 0.29) is 12.0 Å². The molecule has 0 heterocycles. The smallest absolute Gasteiger partial charge is 0.234 e. The number of amides is 1. The van der Waals surface area contributed by atoms with E-state index < -0.39 is 11.9 Å². The van der Waals surface area contributed by atoms with Crippen LogP contribution in [-0.2, 0) is 4.79 Å². The molecule has 5 heteroatoms. The average molecular weight is 295 g/mol. The Kier molecular flexibility index (Phi) is 8.66. The van der Waals surface area contributed by atoms with Gasteiger partial charge in [0, 0.05) is 6.04 Å². The number of aryl methyl sites for hydroxylation is 2. The van der Waals surface area contributed by atoms with Crippen molar-refractivity contribution in [1.29, 1.82) is 0 Å². The lowest BCUT2D eigenvalue weighted by atomic mass is 10.1. The molecule has 0 aliphatic carbocycles. The van der Waals surface area contributed by atoms with E-state index in [1.807, 2.05) is 52.8 Å². The highest BCUT2D eigenvalue weighted by Crippen LogP contribution is 2.22. The van der Waals surface area contributed by atoms with Gasteiger partial charge in [-0.15, -0.1) is 0 Å². The van der Waals surface area contributed by atoms with Gasteiger partial charge in [-0.2, -0.15) is 0 Å². The summed E-state index contributed by atoms with van der Waals surface area (Å²) in [5, 5.41) is 0. The molecule has 0 aliphatic heterocycles. The first-order chi connectivity index (χ1) is 9.66. The van der Waals surface area contributed by atoms with Crippen LogP contribution in [0, 0.1) is 19.8 Å². The van der Waals surface area contributed by atoms with E-state index in [0.29, 0.717) is 6.61 Å². The van der Waals surface area contributed by atoms with E-state index >= 15 is 0 Å².